The average molecular weight is 365 g/mol. The van der Waals surface area contributed by atoms with Crippen molar-refractivity contribution in [2.24, 2.45) is 0 Å². The minimum absolute atomic E-state index is 0.0982. The molecule has 0 spiro atoms. The molecule has 0 bridgehead atoms. The van der Waals surface area contributed by atoms with E-state index in [0.29, 0.717) is 18.1 Å². The van der Waals surface area contributed by atoms with E-state index in [1.54, 1.807) is 0 Å². The van der Waals surface area contributed by atoms with Gasteiger partial charge >= 0.3 is 6.01 Å². The number of hydrogen-bond donors (Lipinski definition) is 1. The highest BCUT2D eigenvalue weighted by Gasteiger charge is 2.16. The van der Waals surface area contributed by atoms with Gasteiger partial charge in [0, 0.05) is 0 Å². The zero-order valence-electron chi connectivity index (χ0n) is 15.1. The van der Waals surface area contributed by atoms with Crippen LogP contribution >= 0.6 is 0 Å². The van der Waals surface area contributed by atoms with Crippen LogP contribution in [-0.2, 0) is 17.6 Å². The van der Waals surface area contributed by atoms with Crippen LogP contribution in [0.15, 0.2) is 40.8 Å². The van der Waals surface area contributed by atoms with Crippen molar-refractivity contribution < 1.29 is 18.7 Å². The van der Waals surface area contributed by atoms with E-state index in [4.69, 9.17) is 13.9 Å². The zero-order valence-corrected chi connectivity index (χ0v) is 15.1. The summed E-state index contributed by atoms with van der Waals surface area (Å²) in [5, 5.41) is 10.6. The summed E-state index contributed by atoms with van der Waals surface area (Å²) in [4.78, 5) is 12.3. The molecule has 1 aliphatic heterocycles. The van der Waals surface area contributed by atoms with Crippen molar-refractivity contribution in [2.75, 3.05) is 12.1 Å². The van der Waals surface area contributed by atoms with Gasteiger partial charge in [0.15, 0.2) is 11.5 Å². The monoisotopic (exact) mass is 365 g/mol. The van der Waals surface area contributed by atoms with Gasteiger partial charge < -0.3 is 13.9 Å². The average Bonchev–Trinajstić information content (AvgIpc) is 3.27. The predicted octanol–water partition coefficient (Wildman–Crippen LogP) is 3.19. The number of ether oxygens (including phenoxy) is 2. The fourth-order valence-corrected chi connectivity index (χ4v) is 2.93. The van der Waals surface area contributed by atoms with Gasteiger partial charge in [0.05, 0.1) is 12.8 Å². The molecule has 4 rings (SSSR count). The Hall–Kier alpha value is -3.35. The second kappa shape index (κ2) is 7.11. The van der Waals surface area contributed by atoms with Crippen LogP contribution in [0.25, 0.3) is 0 Å². The molecule has 0 saturated heterocycles. The molecule has 3 aromatic rings. The number of nitrogens with zero attached hydrogens (tertiary/aromatic N) is 2. The Kier molecular flexibility index (Phi) is 4.50. The lowest BCUT2D eigenvalue weighted by Crippen LogP contribution is -2.15. The Balaban J connectivity index is 1.39. The number of carbonyl (C=O) groups is 1. The number of amides is 1. The molecule has 0 atom stereocenters. The lowest BCUT2D eigenvalue weighted by Gasteiger charge is -2.06. The van der Waals surface area contributed by atoms with E-state index in [1.807, 2.05) is 50.2 Å². The number of benzene rings is 2. The van der Waals surface area contributed by atoms with E-state index in [0.717, 1.165) is 28.0 Å². The Bertz CT molecular complexity index is 997. The number of aromatic nitrogens is 2. The van der Waals surface area contributed by atoms with Crippen molar-refractivity contribution in [3.05, 3.63) is 64.5 Å². The molecule has 0 unspecified atom stereocenters. The molecule has 2 heterocycles. The molecule has 7 heteroatoms. The summed E-state index contributed by atoms with van der Waals surface area (Å²) < 4.78 is 16.2. The molecule has 0 fully saturated rings. The molecule has 1 N–H and O–H groups in total. The largest absolute Gasteiger partial charge is 0.454 e. The quantitative estimate of drug-likeness (QED) is 0.747. The van der Waals surface area contributed by atoms with E-state index in [1.165, 1.54) is 0 Å². The number of hydrogen-bond acceptors (Lipinski definition) is 6. The standard InChI is InChI=1S/C20H19N3O4/c1-12-3-4-13(2)15(7-12)10-18(24)21-20-23-22-19(27-20)9-14-5-6-16-17(8-14)26-11-25-16/h3-8H,9-11H2,1-2H3,(H,21,23,24). The van der Waals surface area contributed by atoms with Gasteiger partial charge in [-0.05, 0) is 42.7 Å². The van der Waals surface area contributed by atoms with Crippen LogP contribution in [0.1, 0.15) is 28.1 Å². The molecule has 2 aromatic carbocycles. The van der Waals surface area contributed by atoms with Gasteiger partial charge in [0.1, 0.15) is 0 Å². The van der Waals surface area contributed by atoms with Crippen LogP contribution in [0.2, 0.25) is 0 Å². The third kappa shape index (κ3) is 3.92. The summed E-state index contributed by atoms with van der Waals surface area (Å²) in [6.45, 7) is 4.22. The topological polar surface area (TPSA) is 86.5 Å². The van der Waals surface area contributed by atoms with Crippen molar-refractivity contribution >= 4 is 11.9 Å². The molecule has 0 aliphatic carbocycles. The Morgan fingerprint density at radius 3 is 2.81 bits per heavy atom. The minimum atomic E-state index is -0.193. The first-order chi connectivity index (χ1) is 13.1. The third-order valence-corrected chi connectivity index (χ3v) is 4.36. The lowest BCUT2D eigenvalue weighted by atomic mass is 10.0. The molecule has 138 valence electrons. The molecule has 1 aliphatic rings. The number of fused-ring (bicyclic) bond motifs is 1. The van der Waals surface area contributed by atoms with Crippen molar-refractivity contribution in [3.8, 4) is 11.5 Å². The van der Waals surface area contributed by atoms with E-state index >= 15 is 0 Å². The first-order valence-electron chi connectivity index (χ1n) is 8.64. The molecule has 1 aromatic heterocycles. The van der Waals surface area contributed by atoms with Crippen LogP contribution in [0.4, 0.5) is 6.01 Å². The molecular formula is C20H19N3O4. The highest BCUT2D eigenvalue weighted by atomic mass is 16.7. The second-order valence-electron chi connectivity index (χ2n) is 6.52. The maximum Gasteiger partial charge on any atom is 0.322 e. The lowest BCUT2D eigenvalue weighted by molar-refractivity contribution is -0.115. The van der Waals surface area contributed by atoms with Crippen LogP contribution in [0.3, 0.4) is 0 Å². The number of anilines is 1. The van der Waals surface area contributed by atoms with Gasteiger partial charge in [-0.2, -0.15) is 0 Å². The SMILES string of the molecule is Cc1ccc(C)c(CC(=O)Nc2nnc(Cc3ccc4c(c3)OCO4)o2)c1. The minimum Gasteiger partial charge on any atom is -0.454 e. The Morgan fingerprint density at radius 2 is 1.93 bits per heavy atom. The molecule has 0 radical (unpaired) electrons. The normalized spacial score (nSPS) is 12.2. The zero-order chi connectivity index (χ0) is 18.8. The van der Waals surface area contributed by atoms with Crippen molar-refractivity contribution in [2.45, 2.75) is 26.7 Å². The van der Waals surface area contributed by atoms with Gasteiger partial charge in [-0.15, -0.1) is 5.10 Å². The summed E-state index contributed by atoms with van der Waals surface area (Å²) >= 11 is 0. The Morgan fingerprint density at radius 1 is 1.07 bits per heavy atom. The van der Waals surface area contributed by atoms with E-state index < -0.39 is 0 Å². The number of nitrogens with one attached hydrogen (secondary N) is 1. The van der Waals surface area contributed by atoms with E-state index in [2.05, 4.69) is 15.5 Å². The second-order valence-corrected chi connectivity index (χ2v) is 6.52. The van der Waals surface area contributed by atoms with Crippen molar-refractivity contribution in [1.82, 2.24) is 10.2 Å². The van der Waals surface area contributed by atoms with Gasteiger partial charge in [-0.3, -0.25) is 10.1 Å². The maximum absolute atomic E-state index is 12.3. The van der Waals surface area contributed by atoms with Gasteiger partial charge in [0.25, 0.3) is 0 Å². The Labute approximate surface area is 156 Å². The molecule has 7 nitrogen and oxygen atoms in total. The van der Waals surface area contributed by atoms with Crippen LogP contribution in [0.5, 0.6) is 11.5 Å². The molecule has 1 amide bonds. The summed E-state index contributed by atoms with van der Waals surface area (Å²) in [6.07, 6.45) is 0.698. The van der Waals surface area contributed by atoms with Crippen LogP contribution in [0, 0.1) is 13.8 Å². The van der Waals surface area contributed by atoms with Gasteiger partial charge in [0.2, 0.25) is 18.6 Å². The number of rotatable bonds is 5. The predicted molar refractivity (Wildman–Crippen MR) is 97.9 cm³/mol. The molecular weight excluding hydrogens is 346 g/mol. The maximum atomic E-state index is 12.3. The first-order valence-corrected chi connectivity index (χ1v) is 8.64. The smallest absolute Gasteiger partial charge is 0.322 e. The summed E-state index contributed by atoms with van der Waals surface area (Å²) in [7, 11) is 0. The van der Waals surface area contributed by atoms with E-state index in [9.17, 15) is 4.79 Å². The third-order valence-electron chi connectivity index (χ3n) is 4.36. The molecule has 0 saturated carbocycles. The van der Waals surface area contributed by atoms with Crippen molar-refractivity contribution in [3.63, 3.8) is 0 Å². The highest BCUT2D eigenvalue weighted by Crippen LogP contribution is 2.33. The van der Waals surface area contributed by atoms with Crippen LogP contribution in [-0.4, -0.2) is 22.9 Å². The van der Waals surface area contributed by atoms with Crippen LogP contribution < -0.4 is 14.8 Å². The number of carbonyl (C=O) groups excluding carboxylic acids is 1. The van der Waals surface area contributed by atoms with E-state index in [-0.39, 0.29) is 25.1 Å². The first kappa shape index (κ1) is 17.1. The highest BCUT2D eigenvalue weighted by molar-refractivity contribution is 5.90. The summed E-state index contributed by atoms with van der Waals surface area (Å²) in [6, 6.07) is 11.8. The number of aryl methyl sites for hydroxylation is 2. The van der Waals surface area contributed by atoms with Gasteiger partial charge in [-0.25, -0.2) is 0 Å². The van der Waals surface area contributed by atoms with Crippen molar-refractivity contribution in [1.29, 1.82) is 0 Å². The van der Waals surface area contributed by atoms with Gasteiger partial charge in [-0.1, -0.05) is 34.9 Å². The summed E-state index contributed by atoms with van der Waals surface area (Å²) in [5.74, 6) is 1.65. The fraction of sp³-hybridized carbons (Fsp3) is 0.250. The molecule has 27 heavy (non-hydrogen) atoms. The summed E-state index contributed by atoms with van der Waals surface area (Å²) in [5.41, 5.74) is 4.13. The fourth-order valence-electron chi connectivity index (χ4n) is 2.93.